The van der Waals surface area contributed by atoms with Crippen molar-refractivity contribution in [2.45, 2.75) is 6.92 Å². The van der Waals surface area contributed by atoms with Crippen LogP contribution in [-0.4, -0.2) is 34.3 Å². The molecule has 0 bridgehead atoms. The maximum absolute atomic E-state index is 12.3. The van der Waals surface area contributed by atoms with Gasteiger partial charge in [-0.15, -0.1) is 10.1 Å². The van der Waals surface area contributed by atoms with E-state index in [1.807, 2.05) is 0 Å². The zero-order chi connectivity index (χ0) is 18.7. The van der Waals surface area contributed by atoms with E-state index in [-0.39, 0.29) is 23.1 Å². The molecule has 4 amide bonds. The molecule has 0 fully saturated rings. The van der Waals surface area contributed by atoms with Crippen molar-refractivity contribution in [1.29, 1.82) is 0 Å². The number of rotatable bonds is 6. The number of nitrogens with zero attached hydrogens (tertiary/aromatic N) is 2. The SMILES string of the molecule is Cc1ccccc1C(=O)N(C=O)OPON1C(=O)c2ccccc2C1=O. The summed E-state index contributed by atoms with van der Waals surface area (Å²) in [4.78, 5) is 47.7. The van der Waals surface area contributed by atoms with Crippen LogP contribution in [0.25, 0.3) is 0 Å². The molecule has 132 valence electrons. The molecule has 0 spiro atoms. The van der Waals surface area contributed by atoms with Crippen LogP contribution >= 0.6 is 9.03 Å². The summed E-state index contributed by atoms with van der Waals surface area (Å²) < 4.78 is 10.0. The van der Waals surface area contributed by atoms with Crippen LogP contribution in [0.1, 0.15) is 36.6 Å². The summed E-state index contributed by atoms with van der Waals surface area (Å²) in [5, 5.41) is 1.00. The molecule has 1 atom stereocenters. The Morgan fingerprint density at radius 1 is 1.04 bits per heavy atom. The molecule has 1 aliphatic heterocycles. The first-order valence-electron chi connectivity index (χ1n) is 7.46. The van der Waals surface area contributed by atoms with E-state index in [0.29, 0.717) is 15.7 Å². The number of hydroxylamine groups is 4. The monoisotopic (exact) mass is 372 g/mol. The Balaban J connectivity index is 1.63. The van der Waals surface area contributed by atoms with Crippen molar-refractivity contribution < 1.29 is 28.4 Å². The number of amides is 4. The first-order chi connectivity index (χ1) is 12.5. The average Bonchev–Trinajstić information content (AvgIpc) is 2.90. The smallest absolute Gasteiger partial charge is 0.276 e. The van der Waals surface area contributed by atoms with Crippen molar-refractivity contribution in [3.63, 3.8) is 0 Å². The fourth-order valence-electron chi connectivity index (χ4n) is 2.39. The topological polar surface area (TPSA) is 93.2 Å². The van der Waals surface area contributed by atoms with Crippen molar-refractivity contribution in [2.24, 2.45) is 0 Å². The lowest BCUT2D eigenvalue weighted by molar-refractivity contribution is -0.134. The van der Waals surface area contributed by atoms with Gasteiger partial charge in [-0.25, -0.2) is 9.25 Å². The maximum atomic E-state index is 12.3. The van der Waals surface area contributed by atoms with Crippen LogP contribution in [0.5, 0.6) is 0 Å². The van der Waals surface area contributed by atoms with Gasteiger partial charge in [0.1, 0.15) is 0 Å². The molecule has 8 nitrogen and oxygen atoms in total. The highest BCUT2D eigenvalue weighted by Gasteiger charge is 2.37. The van der Waals surface area contributed by atoms with Crippen LogP contribution < -0.4 is 0 Å². The lowest BCUT2D eigenvalue weighted by Gasteiger charge is -2.17. The van der Waals surface area contributed by atoms with Crippen molar-refractivity contribution in [3.8, 4) is 0 Å². The lowest BCUT2D eigenvalue weighted by Crippen LogP contribution is -2.30. The number of fused-ring (bicyclic) bond motifs is 1. The molecule has 1 heterocycles. The van der Waals surface area contributed by atoms with Gasteiger partial charge in [-0.05, 0) is 30.7 Å². The standard InChI is InChI=1S/C17H13N2O6P/c1-11-6-2-3-7-12(11)15(21)18(10-20)24-26-25-19-16(22)13-8-4-5-9-14(13)17(19)23/h2-10,26H,1H3. The van der Waals surface area contributed by atoms with Gasteiger partial charge in [0.15, 0.2) is 0 Å². The Morgan fingerprint density at radius 3 is 2.19 bits per heavy atom. The van der Waals surface area contributed by atoms with Crippen molar-refractivity contribution in [1.82, 2.24) is 10.1 Å². The highest BCUT2D eigenvalue weighted by atomic mass is 31.1. The molecular formula is C17H13N2O6P. The second-order valence-electron chi connectivity index (χ2n) is 5.27. The average molecular weight is 372 g/mol. The molecule has 9 heteroatoms. The van der Waals surface area contributed by atoms with Gasteiger partial charge in [-0.2, -0.15) is 0 Å². The second-order valence-corrected chi connectivity index (χ2v) is 5.80. The van der Waals surface area contributed by atoms with Gasteiger partial charge in [-0.1, -0.05) is 30.3 Å². The number of imide groups is 2. The summed E-state index contributed by atoms with van der Waals surface area (Å²) in [7, 11) is -0.954. The summed E-state index contributed by atoms with van der Waals surface area (Å²) in [5.74, 6) is -1.95. The number of aryl methyl sites for hydroxylation is 1. The fourth-order valence-corrected chi connectivity index (χ4v) is 2.87. The minimum Gasteiger partial charge on any atom is -0.276 e. The number of carbonyl (C=O) groups is 4. The molecule has 2 aromatic rings. The largest absolute Gasteiger partial charge is 0.286 e. The number of carbonyl (C=O) groups excluding carboxylic acids is 4. The van der Waals surface area contributed by atoms with Crippen molar-refractivity contribution >= 4 is 33.2 Å². The van der Waals surface area contributed by atoms with Gasteiger partial charge >= 0.3 is 0 Å². The Kier molecular flexibility index (Phi) is 5.18. The van der Waals surface area contributed by atoms with E-state index in [1.165, 1.54) is 12.1 Å². The molecule has 0 aromatic heterocycles. The number of hydrogen-bond acceptors (Lipinski definition) is 6. The quantitative estimate of drug-likeness (QED) is 0.334. The Morgan fingerprint density at radius 2 is 1.62 bits per heavy atom. The van der Waals surface area contributed by atoms with Crippen molar-refractivity contribution in [3.05, 3.63) is 70.8 Å². The van der Waals surface area contributed by atoms with Crippen LogP contribution in [0.3, 0.4) is 0 Å². The highest BCUT2D eigenvalue weighted by molar-refractivity contribution is 7.26. The Bertz CT molecular complexity index is 865. The van der Waals surface area contributed by atoms with E-state index < -0.39 is 26.8 Å². The number of hydrogen-bond donors (Lipinski definition) is 0. The van der Waals surface area contributed by atoms with E-state index in [0.717, 1.165) is 0 Å². The van der Waals surface area contributed by atoms with Crippen molar-refractivity contribution in [2.75, 3.05) is 0 Å². The number of benzene rings is 2. The molecule has 0 saturated carbocycles. The molecule has 2 aromatic carbocycles. The minimum absolute atomic E-state index is 0.188. The first-order valence-corrected chi connectivity index (χ1v) is 8.27. The Hall–Kier alpha value is -2.93. The van der Waals surface area contributed by atoms with Crippen LogP contribution in [-0.2, 0) is 14.0 Å². The molecule has 1 unspecified atom stereocenters. The molecule has 26 heavy (non-hydrogen) atoms. The highest BCUT2D eigenvalue weighted by Crippen LogP contribution is 2.28. The minimum atomic E-state index is -0.954. The molecule has 0 aliphatic carbocycles. The molecule has 0 radical (unpaired) electrons. The lowest BCUT2D eigenvalue weighted by atomic mass is 10.1. The zero-order valence-electron chi connectivity index (χ0n) is 13.5. The first kappa shape index (κ1) is 17.9. The predicted octanol–water partition coefficient (Wildman–Crippen LogP) is 2.26. The van der Waals surface area contributed by atoms with Crippen LogP contribution in [0.2, 0.25) is 0 Å². The van der Waals surface area contributed by atoms with Crippen LogP contribution in [0, 0.1) is 6.92 Å². The third kappa shape index (κ3) is 3.25. The van der Waals surface area contributed by atoms with Gasteiger partial charge < -0.3 is 0 Å². The molecule has 1 aliphatic rings. The van der Waals surface area contributed by atoms with Crippen LogP contribution in [0.15, 0.2) is 48.5 Å². The van der Waals surface area contributed by atoms with E-state index in [4.69, 9.17) is 9.25 Å². The van der Waals surface area contributed by atoms with E-state index >= 15 is 0 Å². The van der Waals surface area contributed by atoms with E-state index in [2.05, 4.69) is 0 Å². The summed E-state index contributed by atoms with van der Waals surface area (Å²) in [5.41, 5.74) is 1.37. The maximum Gasteiger partial charge on any atom is 0.286 e. The molecule has 3 rings (SSSR count). The third-order valence-corrected chi connectivity index (χ3v) is 4.22. The summed E-state index contributed by atoms with van der Waals surface area (Å²) in [6, 6.07) is 12.9. The second kappa shape index (κ2) is 7.53. The van der Waals surface area contributed by atoms with Crippen LogP contribution in [0.4, 0.5) is 0 Å². The molecular weight excluding hydrogens is 359 g/mol. The van der Waals surface area contributed by atoms with Gasteiger partial charge in [-0.3, -0.25) is 19.2 Å². The zero-order valence-corrected chi connectivity index (χ0v) is 14.5. The van der Waals surface area contributed by atoms with E-state index in [9.17, 15) is 19.2 Å². The molecule has 0 N–H and O–H groups in total. The van der Waals surface area contributed by atoms with Gasteiger partial charge in [0.2, 0.25) is 15.4 Å². The summed E-state index contributed by atoms with van der Waals surface area (Å²) in [6.45, 7) is 1.72. The Labute approximate surface area is 150 Å². The molecule has 0 saturated heterocycles. The summed E-state index contributed by atoms with van der Waals surface area (Å²) >= 11 is 0. The normalized spacial score (nSPS) is 13.3. The van der Waals surface area contributed by atoms with Gasteiger partial charge in [0, 0.05) is 5.56 Å². The van der Waals surface area contributed by atoms with E-state index in [1.54, 1.807) is 43.3 Å². The summed E-state index contributed by atoms with van der Waals surface area (Å²) in [6.07, 6.45) is 0.188. The predicted molar refractivity (Wildman–Crippen MR) is 90.8 cm³/mol. The van der Waals surface area contributed by atoms with Gasteiger partial charge in [0.05, 0.1) is 11.1 Å². The third-order valence-electron chi connectivity index (χ3n) is 3.69. The fraction of sp³-hybridized carbons (Fsp3) is 0.0588. The van der Waals surface area contributed by atoms with Gasteiger partial charge in [0.25, 0.3) is 17.7 Å².